The highest BCUT2D eigenvalue weighted by molar-refractivity contribution is 5.97. The Balaban J connectivity index is 2.21. The molecule has 2 aromatic rings. The van der Waals surface area contributed by atoms with Crippen molar-refractivity contribution in [2.75, 3.05) is 10.6 Å². The third-order valence-corrected chi connectivity index (χ3v) is 3.19. The largest absolute Gasteiger partial charge is 0.354 e. The van der Waals surface area contributed by atoms with Crippen LogP contribution in [0.4, 0.5) is 17.1 Å². The fraction of sp³-hybridized carbons (Fsp3) is 0.278. The predicted octanol–water partition coefficient (Wildman–Crippen LogP) is 4.72. The first kappa shape index (κ1) is 15.1. The van der Waals surface area contributed by atoms with E-state index in [2.05, 4.69) is 29.7 Å². The van der Waals surface area contributed by atoms with E-state index in [1.54, 1.807) is 0 Å². The monoisotopic (exact) mass is 282 g/mol. The second-order valence-electron chi connectivity index (χ2n) is 6.24. The second-order valence-corrected chi connectivity index (χ2v) is 6.24. The van der Waals surface area contributed by atoms with Crippen LogP contribution in [0.15, 0.2) is 48.5 Å². The molecule has 0 aromatic heterocycles. The van der Waals surface area contributed by atoms with Crippen LogP contribution in [-0.2, 0) is 4.79 Å². The molecular weight excluding hydrogens is 260 g/mol. The van der Waals surface area contributed by atoms with Gasteiger partial charge in [-0.2, -0.15) is 0 Å². The minimum Gasteiger partial charge on any atom is -0.354 e. The number of para-hydroxylation sites is 2. The number of nitrogens with one attached hydrogen (secondary N) is 2. The van der Waals surface area contributed by atoms with E-state index >= 15 is 0 Å². The molecule has 0 aliphatic rings. The molecular formula is C18H22N2O. The predicted molar refractivity (Wildman–Crippen MR) is 89.0 cm³/mol. The van der Waals surface area contributed by atoms with Crippen LogP contribution in [-0.4, -0.2) is 5.91 Å². The second kappa shape index (κ2) is 6.00. The van der Waals surface area contributed by atoms with Gasteiger partial charge in [0, 0.05) is 11.1 Å². The maximum atomic E-state index is 12.1. The summed E-state index contributed by atoms with van der Waals surface area (Å²) in [5.41, 5.74) is 3.47. The van der Waals surface area contributed by atoms with E-state index in [9.17, 15) is 4.79 Å². The Hall–Kier alpha value is -2.29. The van der Waals surface area contributed by atoms with Gasteiger partial charge in [0.15, 0.2) is 0 Å². The molecule has 0 fully saturated rings. The molecule has 0 atom stereocenters. The number of hydrogen-bond donors (Lipinski definition) is 2. The molecule has 0 heterocycles. The number of carbonyl (C=O) groups is 1. The molecule has 0 saturated carbocycles. The fourth-order valence-corrected chi connectivity index (χ4v) is 1.80. The summed E-state index contributed by atoms with van der Waals surface area (Å²) in [4.78, 5) is 12.1. The molecule has 3 nitrogen and oxygen atoms in total. The molecule has 2 aromatic carbocycles. The Labute approximate surface area is 126 Å². The van der Waals surface area contributed by atoms with Crippen LogP contribution in [0.2, 0.25) is 0 Å². The smallest absolute Gasteiger partial charge is 0.229 e. The quantitative estimate of drug-likeness (QED) is 0.855. The zero-order chi connectivity index (χ0) is 15.5. The number of carbonyl (C=O) groups excluding carboxylic acids is 1. The lowest BCUT2D eigenvalue weighted by Gasteiger charge is -2.20. The van der Waals surface area contributed by atoms with Gasteiger partial charge in [0.25, 0.3) is 0 Å². The van der Waals surface area contributed by atoms with Crippen LogP contribution in [0.5, 0.6) is 0 Å². The van der Waals surface area contributed by atoms with E-state index in [0.717, 1.165) is 17.1 Å². The third-order valence-electron chi connectivity index (χ3n) is 3.19. The van der Waals surface area contributed by atoms with E-state index in [4.69, 9.17) is 0 Å². The van der Waals surface area contributed by atoms with Gasteiger partial charge in [-0.05, 0) is 31.2 Å². The molecule has 2 rings (SSSR count). The number of benzene rings is 2. The van der Waals surface area contributed by atoms with E-state index in [0.29, 0.717) is 0 Å². The average Bonchev–Trinajstić information content (AvgIpc) is 2.42. The van der Waals surface area contributed by atoms with Crippen molar-refractivity contribution in [1.82, 2.24) is 0 Å². The van der Waals surface area contributed by atoms with Gasteiger partial charge in [0.2, 0.25) is 5.91 Å². The highest BCUT2D eigenvalue weighted by Gasteiger charge is 2.21. The number of amides is 1. The average molecular weight is 282 g/mol. The molecule has 0 unspecified atom stereocenters. The van der Waals surface area contributed by atoms with Crippen molar-refractivity contribution in [3.8, 4) is 0 Å². The topological polar surface area (TPSA) is 41.1 Å². The molecule has 0 aliphatic carbocycles. The Morgan fingerprint density at radius 2 is 1.48 bits per heavy atom. The first-order valence-corrected chi connectivity index (χ1v) is 7.10. The lowest BCUT2D eigenvalue weighted by molar-refractivity contribution is -0.123. The summed E-state index contributed by atoms with van der Waals surface area (Å²) in [7, 11) is 0. The van der Waals surface area contributed by atoms with Gasteiger partial charge in [-0.25, -0.2) is 0 Å². The maximum absolute atomic E-state index is 12.1. The van der Waals surface area contributed by atoms with E-state index in [1.807, 2.05) is 57.2 Å². The number of aryl methyl sites for hydroxylation is 1. The summed E-state index contributed by atoms with van der Waals surface area (Å²) in [5.74, 6) is 0.000608. The number of hydrogen-bond acceptors (Lipinski definition) is 2. The van der Waals surface area contributed by atoms with E-state index < -0.39 is 5.41 Å². The molecule has 1 amide bonds. The summed E-state index contributed by atoms with van der Waals surface area (Å²) in [6, 6.07) is 15.9. The molecule has 0 saturated heterocycles. The normalized spacial score (nSPS) is 11.0. The zero-order valence-electron chi connectivity index (χ0n) is 13.0. The van der Waals surface area contributed by atoms with Crippen LogP contribution in [0.3, 0.4) is 0 Å². The van der Waals surface area contributed by atoms with Gasteiger partial charge >= 0.3 is 0 Å². The summed E-state index contributed by atoms with van der Waals surface area (Å²) < 4.78 is 0. The molecule has 3 heteroatoms. The van der Waals surface area contributed by atoms with Gasteiger partial charge in [0.1, 0.15) is 0 Å². The van der Waals surface area contributed by atoms with Crippen molar-refractivity contribution in [2.24, 2.45) is 5.41 Å². The summed E-state index contributed by atoms with van der Waals surface area (Å²) >= 11 is 0. The van der Waals surface area contributed by atoms with E-state index in [1.165, 1.54) is 5.56 Å². The maximum Gasteiger partial charge on any atom is 0.229 e. The van der Waals surface area contributed by atoms with E-state index in [-0.39, 0.29) is 5.91 Å². The van der Waals surface area contributed by atoms with Crippen molar-refractivity contribution >= 4 is 23.0 Å². The van der Waals surface area contributed by atoms with Gasteiger partial charge in [-0.15, -0.1) is 0 Å². The lowest BCUT2D eigenvalue weighted by atomic mass is 9.95. The first-order valence-electron chi connectivity index (χ1n) is 7.10. The van der Waals surface area contributed by atoms with Gasteiger partial charge in [-0.3, -0.25) is 4.79 Å². The third kappa shape index (κ3) is 4.09. The number of anilines is 3. The van der Waals surface area contributed by atoms with Gasteiger partial charge in [0.05, 0.1) is 11.4 Å². The first-order chi connectivity index (χ1) is 9.86. The van der Waals surface area contributed by atoms with Crippen LogP contribution >= 0.6 is 0 Å². The fourth-order valence-electron chi connectivity index (χ4n) is 1.80. The van der Waals surface area contributed by atoms with Crippen molar-refractivity contribution in [1.29, 1.82) is 0 Å². The SMILES string of the molecule is Cc1ccc(Nc2ccccc2NC(=O)C(C)(C)C)cc1. The van der Waals surface area contributed by atoms with Gasteiger partial charge < -0.3 is 10.6 Å². The summed E-state index contributed by atoms with van der Waals surface area (Å²) in [5, 5.41) is 6.32. The van der Waals surface area contributed by atoms with Crippen LogP contribution in [0.1, 0.15) is 26.3 Å². The molecule has 2 N–H and O–H groups in total. The Morgan fingerprint density at radius 1 is 0.905 bits per heavy atom. The van der Waals surface area contributed by atoms with Crippen molar-refractivity contribution in [2.45, 2.75) is 27.7 Å². The minimum atomic E-state index is -0.420. The Bertz CT molecular complexity index is 624. The Morgan fingerprint density at radius 3 is 2.05 bits per heavy atom. The van der Waals surface area contributed by atoms with Crippen LogP contribution in [0.25, 0.3) is 0 Å². The minimum absolute atomic E-state index is 0.000608. The Kier molecular flexibility index (Phi) is 4.32. The molecule has 0 spiro atoms. The highest BCUT2D eigenvalue weighted by Crippen LogP contribution is 2.27. The molecule has 21 heavy (non-hydrogen) atoms. The van der Waals surface area contributed by atoms with Crippen molar-refractivity contribution in [3.63, 3.8) is 0 Å². The van der Waals surface area contributed by atoms with Crippen LogP contribution < -0.4 is 10.6 Å². The summed E-state index contributed by atoms with van der Waals surface area (Å²) in [6.07, 6.45) is 0. The zero-order valence-corrected chi connectivity index (χ0v) is 13.0. The number of rotatable bonds is 3. The summed E-state index contributed by atoms with van der Waals surface area (Å²) in [6.45, 7) is 7.76. The lowest BCUT2D eigenvalue weighted by Crippen LogP contribution is -2.27. The molecule has 0 aliphatic heterocycles. The standard InChI is InChI=1S/C18H22N2O/c1-13-9-11-14(12-10-13)19-15-7-5-6-8-16(15)20-17(21)18(2,3)4/h5-12,19H,1-4H3,(H,20,21). The molecule has 0 radical (unpaired) electrons. The van der Waals surface area contributed by atoms with Crippen molar-refractivity contribution in [3.05, 3.63) is 54.1 Å². The van der Waals surface area contributed by atoms with Crippen molar-refractivity contribution < 1.29 is 4.79 Å². The molecule has 110 valence electrons. The van der Waals surface area contributed by atoms with Gasteiger partial charge in [-0.1, -0.05) is 50.6 Å². The van der Waals surface area contributed by atoms with Crippen LogP contribution in [0, 0.1) is 12.3 Å². The molecule has 0 bridgehead atoms. The highest BCUT2D eigenvalue weighted by atomic mass is 16.2.